The molecule has 0 spiro atoms. The summed E-state index contributed by atoms with van der Waals surface area (Å²) in [4.78, 5) is 0. The van der Waals surface area contributed by atoms with E-state index in [0.717, 1.165) is 0 Å². The van der Waals surface area contributed by atoms with Gasteiger partial charge in [-0.2, -0.15) is 0 Å². The van der Waals surface area contributed by atoms with Crippen LogP contribution in [0.25, 0.3) is 0 Å². The molecule has 0 saturated heterocycles. The normalized spacial score (nSPS) is 12.4. The van der Waals surface area contributed by atoms with Crippen molar-refractivity contribution in [1.82, 2.24) is 4.68 Å². The highest BCUT2D eigenvalue weighted by Crippen LogP contribution is 2.13. The van der Waals surface area contributed by atoms with Crippen molar-refractivity contribution >= 4 is 0 Å². The average Bonchev–Trinajstić information content (AvgIpc) is 2.71. The summed E-state index contributed by atoms with van der Waals surface area (Å²) in [6.07, 6.45) is 4.01. The van der Waals surface area contributed by atoms with Crippen molar-refractivity contribution in [1.29, 1.82) is 0 Å². The summed E-state index contributed by atoms with van der Waals surface area (Å²) in [5, 5.41) is 0. The molecule has 0 amide bonds. The van der Waals surface area contributed by atoms with Crippen LogP contribution < -0.4 is 5.43 Å². The molecule has 0 fully saturated rings. The van der Waals surface area contributed by atoms with Crippen molar-refractivity contribution in [3.8, 4) is 0 Å². The number of nitrogens with zero attached hydrogens (tertiary/aromatic N) is 1. The van der Waals surface area contributed by atoms with E-state index in [1.54, 1.807) is 0 Å². The topological polar surface area (TPSA) is 17.0 Å². The fourth-order valence-corrected chi connectivity index (χ4v) is 1.57. The van der Waals surface area contributed by atoms with E-state index < -0.39 is 0 Å². The van der Waals surface area contributed by atoms with E-state index in [9.17, 15) is 0 Å². The minimum Gasteiger partial charge on any atom is -0.319 e. The van der Waals surface area contributed by atoms with Crippen molar-refractivity contribution < 1.29 is 0 Å². The Balaban J connectivity index is 2.08. The number of hydrogen-bond acceptors (Lipinski definition) is 1. The molecule has 0 aliphatic heterocycles. The predicted octanol–water partition coefficient (Wildman–Crippen LogP) is 3.10. The fraction of sp³-hybridized carbons (Fsp3) is 0.231. The van der Waals surface area contributed by atoms with Crippen molar-refractivity contribution in [2.75, 3.05) is 5.43 Å². The van der Waals surface area contributed by atoms with Gasteiger partial charge in [0.15, 0.2) is 0 Å². The molecule has 0 saturated carbocycles. The van der Waals surface area contributed by atoms with E-state index >= 15 is 0 Å². The molecule has 15 heavy (non-hydrogen) atoms. The summed E-state index contributed by atoms with van der Waals surface area (Å²) in [5.41, 5.74) is 5.97. The third-order valence-electron chi connectivity index (χ3n) is 2.52. The maximum absolute atomic E-state index is 3.37. The van der Waals surface area contributed by atoms with Crippen LogP contribution in [0.5, 0.6) is 0 Å². The zero-order valence-electron chi connectivity index (χ0n) is 9.14. The molecule has 0 radical (unpaired) electrons. The summed E-state index contributed by atoms with van der Waals surface area (Å²) in [6, 6.07) is 12.9. The maximum atomic E-state index is 3.37. The second kappa shape index (κ2) is 4.22. The monoisotopic (exact) mass is 200 g/mol. The first kappa shape index (κ1) is 9.84. The van der Waals surface area contributed by atoms with E-state index in [0.29, 0.717) is 6.04 Å². The lowest BCUT2D eigenvalue weighted by Gasteiger charge is -2.16. The Morgan fingerprint density at radius 1 is 1.07 bits per heavy atom. The molecule has 0 aliphatic rings. The van der Waals surface area contributed by atoms with Gasteiger partial charge in [-0.25, -0.2) is 0 Å². The number of rotatable bonds is 3. The van der Waals surface area contributed by atoms with Crippen LogP contribution in [0.3, 0.4) is 0 Å². The Morgan fingerprint density at radius 3 is 2.27 bits per heavy atom. The van der Waals surface area contributed by atoms with Gasteiger partial charge in [-0.3, -0.25) is 4.68 Å². The van der Waals surface area contributed by atoms with E-state index in [4.69, 9.17) is 0 Å². The average molecular weight is 200 g/mol. The largest absolute Gasteiger partial charge is 0.319 e. The molecular weight excluding hydrogens is 184 g/mol. The molecule has 1 unspecified atom stereocenters. The van der Waals surface area contributed by atoms with Crippen molar-refractivity contribution in [3.63, 3.8) is 0 Å². The van der Waals surface area contributed by atoms with Gasteiger partial charge in [0.05, 0.1) is 6.04 Å². The van der Waals surface area contributed by atoms with E-state index in [1.165, 1.54) is 11.1 Å². The molecule has 0 aliphatic carbocycles. The second-order valence-electron chi connectivity index (χ2n) is 3.85. The smallest absolute Gasteiger partial charge is 0.0645 e. The molecule has 1 aromatic carbocycles. The lowest BCUT2D eigenvalue weighted by Crippen LogP contribution is -2.16. The van der Waals surface area contributed by atoms with E-state index in [1.807, 2.05) is 29.2 Å². The minimum atomic E-state index is 0.318. The molecule has 1 heterocycles. The van der Waals surface area contributed by atoms with Crippen molar-refractivity contribution in [2.45, 2.75) is 19.9 Å². The van der Waals surface area contributed by atoms with E-state index in [-0.39, 0.29) is 0 Å². The minimum absolute atomic E-state index is 0.318. The first-order valence-electron chi connectivity index (χ1n) is 5.22. The Labute approximate surface area is 90.5 Å². The Kier molecular flexibility index (Phi) is 2.77. The van der Waals surface area contributed by atoms with Gasteiger partial charge >= 0.3 is 0 Å². The standard InChI is InChI=1S/C13H16N2/c1-11-5-7-13(8-6-11)12(2)14-15-9-3-4-10-15/h3-10,12,14H,1-2H3. The van der Waals surface area contributed by atoms with Crippen molar-refractivity contribution in [2.24, 2.45) is 0 Å². The molecule has 2 aromatic rings. The van der Waals surface area contributed by atoms with Gasteiger partial charge in [-0.1, -0.05) is 29.8 Å². The van der Waals surface area contributed by atoms with Gasteiger partial charge in [-0.05, 0) is 31.5 Å². The number of aromatic nitrogens is 1. The van der Waals surface area contributed by atoms with Crippen LogP contribution in [0, 0.1) is 6.92 Å². The van der Waals surface area contributed by atoms with Gasteiger partial charge < -0.3 is 5.43 Å². The van der Waals surface area contributed by atoms with Crippen LogP contribution in [0.2, 0.25) is 0 Å². The quantitative estimate of drug-likeness (QED) is 0.805. The summed E-state index contributed by atoms with van der Waals surface area (Å²) in [6.45, 7) is 4.26. The molecular formula is C13H16N2. The Bertz CT molecular complexity index is 401. The van der Waals surface area contributed by atoms with Gasteiger partial charge in [0.25, 0.3) is 0 Å². The summed E-state index contributed by atoms with van der Waals surface area (Å²) in [5.74, 6) is 0. The molecule has 1 N–H and O–H groups in total. The van der Waals surface area contributed by atoms with Gasteiger partial charge in [0, 0.05) is 12.4 Å². The third-order valence-corrected chi connectivity index (χ3v) is 2.52. The zero-order chi connectivity index (χ0) is 10.7. The molecule has 1 atom stereocenters. The van der Waals surface area contributed by atoms with Crippen LogP contribution in [-0.2, 0) is 0 Å². The molecule has 1 aromatic heterocycles. The second-order valence-corrected chi connectivity index (χ2v) is 3.85. The first-order chi connectivity index (χ1) is 7.25. The highest BCUT2D eigenvalue weighted by Gasteiger charge is 2.03. The van der Waals surface area contributed by atoms with Crippen LogP contribution in [0.4, 0.5) is 0 Å². The summed E-state index contributed by atoms with van der Waals surface area (Å²) in [7, 11) is 0. The van der Waals surface area contributed by atoms with Gasteiger partial charge in [0.2, 0.25) is 0 Å². The Morgan fingerprint density at radius 2 is 1.67 bits per heavy atom. The molecule has 2 rings (SSSR count). The number of aryl methyl sites for hydroxylation is 1. The van der Waals surface area contributed by atoms with E-state index in [2.05, 4.69) is 43.5 Å². The lowest BCUT2D eigenvalue weighted by atomic mass is 10.1. The van der Waals surface area contributed by atoms with Crippen LogP contribution >= 0.6 is 0 Å². The predicted molar refractivity (Wildman–Crippen MR) is 63.4 cm³/mol. The van der Waals surface area contributed by atoms with Crippen LogP contribution in [-0.4, -0.2) is 4.68 Å². The van der Waals surface area contributed by atoms with Gasteiger partial charge in [-0.15, -0.1) is 0 Å². The molecule has 78 valence electrons. The fourth-order valence-electron chi connectivity index (χ4n) is 1.57. The summed E-state index contributed by atoms with van der Waals surface area (Å²) < 4.78 is 1.98. The molecule has 0 bridgehead atoms. The highest BCUT2D eigenvalue weighted by molar-refractivity contribution is 5.25. The van der Waals surface area contributed by atoms with Crippen LogP contribution in [0.1, 0.15) is 24.1 Å². The van der Waals surface area contributed by atoms with Crippen molar-refractivity contribution in [3.05, 3.63) is 59.9 Å². The van der Waals surface area contributed by atoms with Crippen LogP contribution in [0.15, 0.2) is 48.8 Å². The zero-order valence-corrected chi connectivity index (χ0v) is 9.14. The first-order valence-corrected chi connectivity index (χ1v) is 5.22. The third kappa shape index (κ3) is 2.40. The molecule has 2 nitrogen and oxygen atoms in total. The maximum Gasteiger partial charge on any atom is 0.0645 e. The SMILES string of the molecule is Cc1ccc(C(C)Nn2cccc2)cc1. The lowest BCUT2D eigenvalue weighted by molar-refractivity contribution is 0.728. The summed E-state index contributed by atoms with van der Waals surface area (Å²) >= 11 is 0. The highest BCUT2D eigenvalue weighted by atomic mass is 15.4. The number of hydrogen-bond donors (Lipinski definition) is 1. The number of nitrogens with one attached hydrogen (secondary N) is 1. The molecule has 2 heteroatoms. The number of benzene rings is 1. The van der Waals surface area contributed by atoms with Gasteiger partial charge in [0.1, 0.15) is 0 Å². The Hall–Kier alpha value is -1.70.